The highest BCUT2D eigenvalue weighted by atomic mass is 19.4. The normalized spacial score (nSPS) is 21.8. The van der Waals surface area contributed by atoms with Crippen LogP contribution in [0.3, 0.4) is 0 Å². The third-order valence-electron chi connectivity index (χ3n) is 5.91. The number of rotatable bonds is 8. The minimum atomic E-state index is -4.92. The Morgan fingerprint density at radius 3 is 2.50 bits per heavy atom. The Labute approximate surface area is 202 Å². The molecule has 2 amide bonds. The first-order chi connectivity index (χ1) is 16.8. The van der Waals surface area contributed by atoms with E-state index in [2.05, 4.69) is 10.3 Å². The number of carbonyl (C=O) groups excluding carboxylic acids is 2. The van der Waals surface area contributed by atoms with E-state index >= 15 is 0 Å². The van der Waals surface area contributed by atoms with Crippen LogP contribution >= 0.6 is 0 Å². The number of anilines is 2. The topological polar surface area (TPSA) is 116 Å². The van der Waals surface area contributed by atoms with E-state index in [9.17, 15) is 31.5 Å². The van der Waals surface area contributed by atoms with E-state index in [0.717, 1.165) is 31.3 Å². The smallest absolute Gasteiger partial charge is 0.419 e. The third-order valence-corrected chi connectivity index (χ3v) is 5.91. The summed E-state index contributed by atoms with van der Waals surface area (Å²) in [5, 5.41) is 2.48. The van der Waals surface area contributed by atoms with Crippen molar-refractivity contribution in [1.82, 2.24) is 4.98 Å². The number of ether oxygens (including phenoxy) is 3. The Hall–Kier alpha value is -3.68. The van der Waals surface area contributed by atoms with Crippen LogP contribution in [0.2, 0.25) is 0 Å². The average molecular weight is 518 g/mol. The van der Waals surface area contributed by atoms with Crippen LogP contribution in [0.1, 0.15) is 13.3 Å². The number of amides is 2. The van der Waals surface area contributed by atoms with Gasteiger partial charge < -0.3 is 30.2 Å². The molecule has 196 valence electrons. The molecule has 36 heavy (non-hydrogen) atoms. The molecular weight excluding hydrogens is 495 g/mol. The Morgan fingerprint density at radius 2 is 1.92 bits per heavy atom. The van der Waals surface area contributed by atoms with Gasteiger partial charge in [-0.1, -0.05) is 0 Å². The third kappa shape index (κ3) is 4.85. The Bertz CT molecular complexity index is 1160. The number of benzene rings is 1. The molecule has 1 unspecified atom stereocenters. The van der Waals surface area contributed by atoms with Crippen LogP contribution in [0.4, 0.5) is 33.3 Å². The van der Waals surface area contributed by atoms with Crippen molar-refractivity contribution >= 4 is 23.2 Å². The zero-order valence-corrected chi connectivity index (χ0v) is 19.4. The molecule has 3 N–H and O–H groups in total. The van der Waals surface area contributed by atoms with Crippen molar-refractivity contribution in [3.63, 3.8) is 0 Å². The summed E-state index contributed by atoms with van der Waals surface area (Å²) in [5.41, 5.74) is 0.0122. The molecule has 0 aliphatic carbocycles. The fourth-order valence-electron chi connectivity index (χ4n) is 4.04. The molecule has 1 aromatic carbocycles. The second-order valence-corrected chi connectivity index (χ2v) is 8.24. The van der Waals surface area contributed by atoms with Crippen LogP contribution in [0, 0.1) is 11.6 Å². The van der Waals surface area contributed by atoms with E-state index in [0.29, 0.717) is 0 Å². The summed E-state index contributed by atoms with van der Waals surface area (Å²) >= 11 is 0. The lowest BCUT2D eigenvalue weighted by molar-refractivity contribution is -0.262. The van der Waals surface area contributed by atoms with Gasteiger partial charge in [0.25, 0.3) is 5.91 Å². The molecule has 1 aromatic heterocycles. The van der Waals surface area contributed by atoms with Crippen LogP contribution < -0.4 is 25.4 Å². The molecule has 1 aliphatic rings. The summed E-state index contributed by atoms with van der Waals surface area (Å²) in [6.07, 6.45) is -4.57. The first-order valence-corrected chi connectivity index (χ1v) is 10.4. The fourth-order valence-corrected chi connectivity index (χ4v) is 4.04. The van der Waals surface area contributed by atoms with Crippen LogP contribution in [-0.4, -0.2) is 61.5 Å². The van der Waals surface area contributed by atoms with Crippen molar-refractivity contribution in [3.05, 3.63) is 42.1 Å². The molecule has 2 heterocycles. The lowest BCUT2D eigenvalue weighted by atomic mass is 9.89. The molecule has 14 heteroatoms. The largest absolute Gasteiger partial charge is 0.491 e. The van der Waals surface area contributed by atoms with Gasteiger partial charge in [-0.2, -0.15) is 17.6 Å². The van der Waals surface area contributed by atoms with Gasteiger partial charge in [-0.15, -0.1) is 0 Å². The molecule has 0 saturated carbocycles. The lowest BCUT2D eigenvalue weighted by Gasteiger charge is -2.36. The van der Waals surface area contributed by atoms with E-state index in [1.807, 2.05) is 0 Å². The number of pyridine rings is 1. The van der Waals surface area contributed by atoms with E-state index in [-0.39, 0.29) is 17.3 Å². The monoisotopic (exact) mass is 518 g/mol. The molecule has 1 saturated heterocycles. The standard InChI is InChI=1S/C22H23F5N4O5/c1-20(19(33)30-12-6-7-29-16(8-12)36-9-15(28)32)10-21(35-3,22(25,26)27)11-31(20)14-5-4-13(23)17(24)18(14)34-2/h4-8H,9-11H2,1-3H3,(H2,28,32)(H,29,30,33)/t20?,21-/m1/s1. The summed E-state index contributed by atoms with van der Waals surface area (Å²) in [6, 6.07) is 4.31. The van der Waals surface area contributed by atoms with Crippen LogP contribution in [0.5, 0.6) is 11.6 Å². The molecule has 9 nitrogen and oxygen atoms in total. The molecule has 2 atom stereocenters. The minimum Gasteiger partial charge on any atom is -0.491 e. The number of nitrogens with one attached hydrogen (secondary N) is 1. The molecule has 2 aromatic rings. The number of carbonyl (C=O) groups is 2. The zero-order valence-electron chi connectivity index (χ0n) is 19.4. The quantitative estimate of drug-likeness (QED) is 0.517. The van der Waals surface area contributed by atoms with Crippen LogP contribution in [0.25, 0.3) is 0 Å². The second-order valence-electron chi connectivity index (χ2n) is 8.24. The van der Waals surface area contributed by atoms with Crippen LogP contribution in [0.15, 0.2) is 30.5 Å². The summed E-state index contributed by atoms with van der Waals surface area (Å²) < 4.78 is 85.6. The highest BCUT2D eigenvalue weighted by Gasteiger charge is 2.67. The minimum absolute atomic E-state index is 0.0785. The zero-order chi connectivity index (χ0) is 26.9. The van der Waals surface area contributed by atoms with Gasteiger partial charge in [0.1, 0.15) is 5.54 Å². The van der Waals surface area contributed by atoms with Gasteiger partial charge in [0.2, 0.25) is 17.6 Å². The number of methoxy groups -OCH3 is 2. The Morgan fingerprint density at radius 1 is 1.22 bits per heavy atom. The number of nitrogens with two attached hydrogens (primary N) is 1. The number of hydrogen-bond donors (Lipinski definition) is 2. The fraction of sp³-hybridized carbons (Fsp3) is 0.409. The van der Waals surface area contributed by atoms with Crippen molar-refractivity contribution in [2.24, 2.45) is 5.73 Å². The van der Waals surface area contributed by atoms with Gasteiger partial charge in [-0.3, -0.25) is 9.59 Å². The predicted molar refractivity (Wildman–Crippen MR) is 117 cm³/mol. The number of hydrogen-bond acceptors (Lipinski definition) is 7. The first kappa shape index (κ1) is 26.9. The van der Waals surface area contributed by atoms with Gasteiger partial charge in [-0.25, -0.2) is 9.37 Å². The van der Waals surface area contributed by atoms with E-state index in [1.54, 1.807) is 0 Å². The highest BCUT2D eigenvalue weighted by molar-refractivity contribution is 6.01. The summed E-state index contributed by atoms with van der Waals surface area (Å²) in [4.78, 5) is 29.2. The Kier molecular flexibility index (Phi) is 7.30. The maximum atomic E-state index is 14.5. The number of alkyl halides is 3. The molecule has 0 bridgehead atoms. The van der Waals surface area contributed by atoms with Crippen molar-refractivity contribution < 1.29 is 45.8 Å². The van der Waals surface area contributed by atoms with E-state index < -0.39 is 66.1 Å². The van der Waals surface area contributed by atoms with Crippen LogP contribution in [-0.2, 0) is 14.3 Å². The summed E-state index contributed by atoms with van der Waals surface area (Å²) in [6.45, 7) is -0.198. The van der Waals surface area contributed by atoms with Crippen molar-refractivity contribution in [3.8, 4) is 11.6 Å². The predicted octanol–water partition coefficient (Wildman–Crippen LogP) is 2.79. The van der Waals surface area contributed by atoms with Crippen molar-refractivity contribution in [1.29, 1.82) is 0 Å². The summed E-state index contributed by atoms with van der Waals surface area (Å²) in [5.74, 6) is -5.16. The van der Waals surface area contributed by atoms with E-state index in [1.165, 1.54) is 25.3 Å². The lowest BCUT2D eigenvalue weighted by Crippen LogP contribution is -2.51. The number of nitrogens with zero attached hydrogens (tertiary/aromatic N) is 2. The van der Waals surface area contributed by atoms with Gasteiger partial charge in [-0.05, 0) is 25.1 Å². The van der Waals surface area contributed by atoms with E-state index in [4.69, 9.17) is 19.9 Å². The number of halogens is 5. The molecular formula is C22H23F5N4O5. The molecule has 0 spiro atoms. The molecule has 3 rings (SSSR count). The first-order valence-electron chi connectivity index (χ1n) is 10.4. The van der Waals surface area contributed by atoms with Crippen molar-refractivity contribution in [2.75, 3.05) is 37.6 Å². The van der Waals surface area contributed by atoms with Gasteiger partial charge in [0.15, 0.2) is 23.8 Å². The average Bonchev–Trinajstić information content (AvgIpc) is 3.14. The van der Waals surface area contributed by atoms with Gasteiger partial charge >= 0.3 is 6.18 Å². The van der Waals surface area contributed by atoms with Gasteiger partial charge in [0, 0.05) is 31.5 Å². The SMILES string of the molecule is COc1c(N2C[C@@](OC)(C(F)(F)F)CC2(C)C(=O)Nc2ccnc(OCC(N)=O)c2)ccc(F)c1F. The van der Waals surface area contributed by atoms with Gasteiger partial charge in [0.05, 0.1) is 19.3 Å². The van der Waals surface area contributed by atoms with Crippen molar-refractivity contribution in [2.45, 2.75) is 30.7 Å². The maximum Gasteiger partial charge on any atom is 0.419 e. The second kappa shape index (κ2) is 9.76. The highest BCUT2D eigenvalue weighted by Crippen LogP contribution is 2.51. The number of primary amides is 1. The molecule has 1 aliphatic heterocycles. The Balaban J connectivity index is 2.05. The molecule has 1 fully saturated rings. The summed E-state index contributed by atoms with van der Waals surface area (Å²) in [7, 11) is 1.87. The molecule has 0 radical (unpaired) electrons. The maximum absolute atomic E-state index is 14.5. The number of aromatic nitrogens is 1.